The van der Waals surface area contributed by atoms with Gasteiger partial charge in [0.05, 0.1) is 0 Å². The molecule has 8 nitrogen and oxygen atoms in total. The second-order valence-electron chi connectivity index (χ2n) is 7.99. The number of H-pyrrole nitrogens is 1. The molecule has 1 aliphatic carbocycles. The number of aryl methyl sites for hydroxylation is 2. The van der Waals surface area contributed by atoms with Crippen LogP contribution in [-0.2, 0) is 24.2 Å². The van der Waals surface area contributed by atoms with Crippen molar-refractivity contribution in [1.82, 2.24) is 25.2 Å². The number of nitrogens with zero attached hydrogens (tertiary/aromatic N) is 4. The molecule has 1 aromatic carbocycles. The number of carboxylic acid groups (broad SMARTS) is 1. The number of pyridine rings is 1. The summed E-state index contributed by atoms with van der Waals surface area (Å²) >= 11 is 6.61. The van der Waals surface area contributed by atoms with Crippen molar-refractivity contribution in [2.75, 3.05) is 0 Å². The SMILES string of the molecule is O=C(O)Cn1nnc(CCc2ccc(/C(=C\C3CCCC3)c3cccc(=O)[nH]3)cc2Cl)n1. The van der Waals surface area contributed by atoms with Gasteiger partial charge in [0.2, 0.25) is 5.56 Å². The zero-order valence-electron chi connectivity index (χ0n) is 17.5. The third-order valence-electron chi connectivity index (χ3n) is 5.61. The van der Waals surface area contributed by atoms with Gasteiger partial charge in [-0.1, -0.05) is 48.7 Å². The second-order valence-corrected chi connectivity index (χ2v) is 8.40. The van der Waals surface area contributed by atoms with Gasteiger partial charge in [0.25, 0.3) is 0 Å². The van der Waals surface area contributed by atoms with Gasteiger partial charge in [0.15, 0.2) is 12.4 Å². The fraction of sp³-hybridized carbons (Fsp3) is 0.348. The molecule has 0 unspecified atom stereocenters. The first-order valence-corrected chi connectivity index (χ1v) is 11.0. The summed E-state index contributed by atoms with van der Waals surface area (Å²) in [4.78, 5) is 26.7. The fourth-order valence-electron chi connectivity index (χ4n) is 4.03. The number of aromatic amines is 1. The standard InChI is InChI=1S/C23H24ClN5O3/c24-19-13-17(9-8-16(19)10-11-21-26-28-29(27-21)14-23(31)32)18(12-15-4-1-2-5-15)20-6-3-7-22(30)25-20/h3,6-9,12-13,15H,1-2,4-5,10-11,14H2,(H,25,30)(H,31,32)/b18-12+. The summed E-state index contributed by atoms with van der Waals surface area (Å²) < 4.78 is 0. The van der Waals surface area contributed by atoms with Gasteiger partial charge in [-0.3, -0.25) is 9.59 Å². The highest BCUT2D eigenvalue weighted by Crippen LogP contribution is 2.33. The molecule has 166 valence electrons. The van der Waals surface area contributed by atoms with Gasteiger partial charge < -0.3 is 10.1 Å². The summed E-state index contributed by atoms with van der Waals surface area (Å²) in [6, 6.07) is 11.1. The van der Waals surface area contributed by atoms with E-state index in [0.717, 1.165) is 40.0 Å². The molecule has 9 heteroatoms. The van der Waals surface area contributed by atoms with E-state index < -0.39 is 5.97 Å². The third-order valence-corrected chi connectivity index (χ3v) is 5.97. The van der Waals surface area contributed by atoms with Crippen LogP contribution in [0.2, 0.25) is 5.02 Å². The summed E-state index contributed by atoms with van der Waals surface area (Å²) in [5.74, 6) is -0.0597. The second kappa shape index (κ2) is 9.91. The predicted molar refractivity (Wildman–Crippen MR) is 120 cm³/mol. The quantitative estimate of drug-likeness (QED) is 0.539. The molecule has 0 atom stereocenters. The Hall–Kier alpha value is -3.26. The molecule has 0 radical (unpaired) electrons. The van der Waals surface area contributed by atoms with Crippen molar-refractivity contribution < 1.29 is 9.90 Å². The summed E-state index contributed by atoms with van der Waals surface area (Å²) in [5, 5.41) is 21.1. The molecule has 0 amide bonds. The number of halogens is 1. The van der Waals surface area contributed by atoms with E-state index in [1.165, 1.54) is 18.9 Å². The van der Waals surface area contributed by atoms with E-state index in [1.807, 2.05) is 24.3 Å². The fourth-order valence-corrected chi connectivity index (χ4v) is 4.31. The largest absolute Gasteiger partial charge is 0.480 e. The first-order chi connectivity index (χ1) is 15.5. The van der Waals surface area contributed by atoms with Gasteiger partial charge in [-0.2, -0.15) is 4.80 Å². The Bertz CT molecular complexity index is 1190. The maximum atomic E-state index is 11.9. The molecule has 0 saturated heterocycles. The highest BCUT2D eigenvalue weighted by molar-refractivity contribution is 6.31. The van der Waals surface area contributed by atoms with Gasteiger partial charge >= 0.3 is 5.97 Å². The molecule has 0 bridgehead atoms. The topological polar surface area (TPSA) is 114 Å². The van der Waals surface area contributed by atoms with E-state index in [9.17, 15) is 9.59 Å². The Kier molecular flexibility index (Phi) is 6.80. The lowest BCUT2D eigenvalue weighted by atomic mass is 9.94. The van der Waals surface area contributed by atoms with Crippen LogP contribution in [0.4, 0.5) is 0 Å². The molecule has 3 aromatic rings. The number of tetrazole rings is 1. The highest BCUT2D eigenvalue weighted by Gasteiger charge is 2.17. The van der Waals surface area contributed by atoms with E-state index in [0.29, 0.717) is 29.6 Å². The number of aromatic nitrogens is 5. The summed E-state index contributed by atoms with van der Waals surface area (Å²) in [6.07, 6.45) is 8.12. The molecule has 4 rings (SSSR count). The number of carboxylic acids is 1. The summed E-state index contributed by atoms with van der Waals surface area (Å²) in [7, 11) is 0. The van der Waals surface area contributed by atoms with Gasteiger partial charge in [-0.25, -0.2) is 0 Å². The average Bonchev–Trinajstić information content (AvgIpc) is 3.43. The van der Waals surface area contributed by atoms with Gasteiger partial charge in [-0.15, -0.1) is 10.2 Å². The van der Waals surface area contributed by atoms with Crippen molar-refractivity contribution in [2.45, 2.75) is 45.1 Å². The van der Waals surface area contributed by atoms with Crippen LogP contribution < -0.4 is 5.56 Å². The van der Waals surface area contributed by atoms with Crippen LogP contribution in [0.15, 0.2) is 47.3 Å². The number of carbonyl (C=O) groups is 1. The Balaban J connectivity index is 1.55. The molecule has 1 saturated carbocycles. The minimum atomic E-state index is -1.02. The number of allylic oxidation sites excluding steroid dienone is 1. The number of hydrogen-bond acceptors (Lipinski definition) is 5. The van der Waals surface area contributed by atoms with Crippen LogP contribution in [0.25, 0.3) is 5.57 Å². The zero-order valence-corrected chi connectivity index (χ0v) is 18.3. The normalized spacial score (nSPS) is 14.7. The molecule has 2 N–H and O–H groups in total. The van der Waals surface area contributed by atoms with Crippen LogP contribution >= 0.6 is 11.6 Å². The summed E-state index contributed by atoms with van der Waals surface area (Å²) in [6.45, 7) is -0.319. The first-order valence-electron chi connectivity index (χ1n) is 10.7. The van der Waals surface area contributed by atoms with Crippen molar-refractivity contribution in [3.05, 3.63) is 80.5 Å². The Morgan fingerprint density at radius 1 is 1.22 bits per heavy atom. The molecular weight excluding hydrogens is 430 g/mol. The van der Waals surface area contributed by atoms with Gasteiger partial charge in [0.1, 0.15) is 0 Å². The van der Waals surface area contributed by atoms with E-state index >= 15 is 0 Å². The average molecular weight is 454 g/mol. The Labute approximate surface area is 189 Å². The molecule has 0 spiro atoms. The molecule has 2 heterocycles. The van der Waals surface area contributed by atoms with Crippen molar-refractivity contribution in [3.63, 3.8) is 0 Å². The monoisotopic (exact) mass is 453 g/mol. The lowest BCUT2D eigenvalue weighted by Crippen LogP contribution is -2.11. The molecule has 1 aliphatic rings. The number of rotatable bonds is 8. The minimum absolute atomic E-state index is 0.133. The van der Waals surface area contributed by atoms with Crippen LogP contribution in [-0.4, -0.2) is 36.3 Å². The highest BCUT2D eigenvalue weighted by atomic mass is 35.5. The van der Waals surface area contributed by atoms with Gasteiger partial charge in [-0.05, 0) is 53.7 Å². The third kappa shape index (κ3) is 5.50. The Morgan fingerprint density at radius 3 is 2.75 bits per heavy atom. The molecular formula is C23H24ClN5O3. The van der Waals surface area contributed by atoms with Crippen LogP contribution in [0.3, 0.4) is 0 Å². The molecule has 2 aromatic heterocycles. The maximum Gasteiger partial charge on any atom is 0.327 e. The molecule has 0 aliphatic heterocycles. The van der Waals surface area contributed by atoms with E-state index in [4.69, 9.17) is 16.7 Å². The van der Waals surface area contributed by atoms with E-state index in [2.05, 4.69) is 26.5 Å². The minimum Gasteiger partial charge on any atom is -0.480 e. The maximum absolute atomic E-state index is 11.9. The molecule has 1 fully saturated rings. The number of hydrogen-bond donors (Lipinski definition) is 2. The van der Waals surface area contributed by atoms with Crippen molar-refractivity contribution in [2.24, 2.45) is 5.92 Å². The number of benzene rings is 1. The number of nitrogens with one attached hydrogen (secondary N) is 1. The first kappa shape index (κ1) is 22.0. The van der Waals surface area contributed by atoms with E-state index in [-0.39, 0.29) is 12.1 Å². The van der Waals surface area contributed by atoms with Crippen molar-refractivity contribution in [3.8, 4) is 0 Å². The Morgan fingerprint density at radius 2 is 2.03 bits per heavy atom. The number of aliphatic carboxylic acids is 1. The zero-order chi connectivity index (χ0) is 22.5. The lowest BCUT2D eigenvalue weighted by molar-refractivity contribution is -0.138. The smallest absolute Gasteiger partial charge is 0.327 e. The van der Waals surface area contributed by atoms with Crippen LogP contribution in [0.5, 0.6) is 0 Å². The van der Waals surface area contributed by atoms with Crippen molar-refractivity contribution in [1.29, 1.82) is 0 Å². The van der Waals surface area contributed by atoms with Crippen molar-refractivity contribution >= 4 is 23.1 Å². The van der Waals surface area contributed by atoms with Gasteiger partial charge in [0, 0.05) is 28.8 Å². The lowest BCUT2D eigenvalue weighted by Gasteiger charge is -2.13. The van der Waals surface area contributed by atoms with Crippen LogP contribution in [0.1, 0.15) is 48.3 Å². The summed E-state index contributed by atoms with van der Waals surface area (Å²) in [5.41, 5.74) is 3.53. The molecule has 32 heavy (non-hydrogen) atoms. The van der Waals surface area contributed by atoms with Crippen LogP contribution in [0, 0.1) is 5.92 Å². The predicted octanol–water partition coefficient (Wildman–Crippen LogP) is 3.51. The van der Waals surface area contributed by atoms with E-state index in [1.54, 1.807) is 6.07 Å².